The Morgan fingerprint density at radius 2 is 2.18 bits per heavy atom. The fourth-order valence-electron chi connectivity index (χ4n) is 2.53. The van der Waals surface area contributed by atoms with Gasteiger partial charge in [0.15, 0.2) is 0 Å². The van der Waals surface area contributed by atoms with Crippen molar-refractivity contribution in [3.63, 3.8) is 0 Å². The summed E-state index contributed by atoms with van der Waals surface area (Å²) in [6, 6.07) is 9.51. The molecule has 0 bridgehead atoms. The third-order valence-electron chi connectivity index (χ3n) is 3.62. The molecule has 2 N–H and O–H groups in total. The minimum atomic E-state index is -0.383. The first-order valence-corrected chi connectivity index (χ1v) is 7.65. The highest BCUT2D eigenvalue weighted by atomic mass is 79.9. The fraction of sp³-hybridized carbons (Fsp3) is 0.188. The second-order valence-corrected chi connectivity index (χ2v) is 5.98. The van der Waals surface area contributed by atoms with Crippen LogP contribution in [0.1, 0.15) is 11.1 Å². The van der Waals surface area contributed by atoms with E-state index in [1.165, 1.54) is 11.0 Å². The van der Waals surface area contributed by atoms with Gasteiger partial charge in [-0.3, -0.25) is 4.90 Å². The molecule has 2 aromatic carbocycles. The van der Waals surface area contributed by atoms with E-state index in [1.54, 1.807) is 24.3 Å². The predicted molar refractivity (Wildman–Crippen MR) is 85.5 cm³/mol. The van der Waals surface area contributed by atoms with Crippen molar-refractivity contribution in [1.29, 1.82) is 0 Å². The molecule has 0 atom stereocenters. The van der Waals surface area contributed by atoms with E-state index >= 15 is 0 Å². The highest BCUT2D eigenvalue weighted by Gasteiger charge is 2.25. The van der Waals surface area contributed by atoms with Crippen molar-refractivity contribution < 1.29 is 14.3 Å². The summed E-state index contributed by atoms with van der Waals surface area (Å²) >= 11 is 3.16. The number of hydrogen-bond acceptors (Lipinski definition) is 2. The maximum atomic E-state index is 13.7. The molecular formula is C16H14BrFN2O2. The second kappa shape index (κ2) is 5.96. The minimum Gasteiger partial charge on any atom is -0.508 e. The summed E-state index contributed by atoms with van der Waals surface area (Å²) in [6.45, 7) is 0.829. The van der Waals surface area contributed by atoms with Gasteiger partial charge in [0, 0.05) is 13.1 Å². The molecule has 4 nitrogen and oxygen atoms in total. The Morgan fingerprint density at radius 1 is 1.36 bits per heavy atom. The lowest BCUT2D eigenvalue weighted by atomic mass is 10.2. The van der Waals surface area contributed by atoms with Crippen molar-refractivity contribution >= 4 is 27.6 Å². The first-order valence-electron chi connectivity index (χ1n) is 6.86. The van der Waals surface area contributed by atoms with E-state index in [1.807, 2.05) is 6.07 Å². The molecule has 3 rings (SSSR count). The van der Waals surface area contributed by atoms with E-state index in [2.05, 4.69) is 21.2 Å². The first kappa shape index (κ1) is 14.8. The third kappa shape index (κ3) is 2.92. The lowest BCUT2D eigenvalue weighted by Crippen LogP contribution is -2.38. The summed E-state index contributed by atoms with van der Waals surface area (Å²) in [5, 5.41) is 12.2. The number of hydrogen-bond donors (Lipinski definition) is 2. The summed E-state index contributed by atoms with van der Waals surface area (Å²) in [4.78, 5) is 13.8. The number of halogens is 2. The van der Waals surface area contributed by atoms with Crippen molar-refractivity contribution in [2.75, 3.05) is 11.4 Å². The minimum absolute atomic E-state index is 0.158. The quantitative estimate of drug-likeness (QED) is 0.855. The van der Waals surface area contributed by atoms with Gasteiger partial charge in [0.25, 0.3) is 0 Å². The van der Waals surface area contributed by atoms with Gasteiger partial charge in [-0.05, 0) is 57.7 Å². The van der Waals surface area contributed by atoms with E-state index in [-0.39, 0.29) is 17.6 Å². The Morgan fingerprint density at radius 3 is 2.95 bits per heavy atom. The van der Waals surface area contributed by atoms with Crippen molar-refractivity contribution in [3.8, 4) is 5.75 Å². The van der Waals surface area contributed by atoms with Crippen LogP contribution in [0.2, 0.25) is 0 Å². The number of aromatic hydroxyl groups is 1. The van der Waals surface area contributed by atoms with Gasteiger partial charge in [0.05, 0.1) is 10.2 Å². The largest absolute Gasteiger partial charge is 0.508 e. The van der Waals surface area contributed by atoms with Crippen LogP contribution in [-0.4, -0.2) is 17.7 Å². The number of phenolic OH excluding ortho intramolecular Hbond substituents is 1. The van der Waals surface area contributed by atoms with E-state index in [4.69, 9.17) is 0 Å². The molecule has 0 saturated heterocycles. The molecule has 0 fully saturated rings. The standard InChI is InChI=1S/C16H14BrFN2O2/c17-13-7-11-4-5-20(15(11)8-14(13)18)16(22)19-9-10-2-1-3-12(21)6-10/h1-3,6-8,21H,4-5,9H2,(H,19,22). The van der Waals surface area contributed by atoms with Gasteiger partial charge in [-0.2, -0.15) is 0 Å². The average Bonchev–Trinajstić information content (AvgIpc) is 2.88. The van der Waals surface area contributed by atoms with Gasteiger partial charge in [-0.25, -0.2) is 9.18 Å². The van der Waals surface area contributed by atoms with Crippen molar-refractivity contribution in [1.82, 2.24) is 5.32 Å². The molecule has 1 aliphatic rings. The summed E-state index contributed by atoms with van der Waals surface area (Å²) in [6.07, 6.45) is 0.702. The van der Waals surface area contributed by atoms with E-state index in [9.17, 15) is 14.3 Å². The number of fused-ring (bicyclic) bond motifs is 1. The highest BCUT2D eigenvalue weighted by molar-refractivity contribution is 9.10. The van der Waals surface area contributed by atoms with Crippen LogP contribution < -0.4 is 10.2 Å². The predicted octanol–water partition coefficient (Wildman–Crippen LogP) is 3.57. The van der Waals surface area contributed by atoms with E-state index in [0.29, 0.717) is 29.7 Å². The monoisotopic (exact) mass is 364 g/mol. The molecule has 1 aliphatic heterocycles. The number of carbonyl (C=O) groups is 1. The van der Waals surface area contributed by atoms with Crippen LogP contribution in [0.3, 0.4) is 0 Å². The van der Waals surface area contributed by atoms with Gasteiger partial charge < -0.3 is 10.4 Å². The molecule has 6 heteroatoms. The second-order valence-electron chi connectivity index (χ2n) is 5.13. The SMILES string of the molecule is O=C(NCc1cccc(O)c1)N1CCc2cc(Br)c(F)cc21. The van der Waals surface area contributed by atoms with Crippen LogP contribution in [0, 0.1) is 5.82 Å². The van der Waals surface area contributed by atoms with Crippen LogP contribution in [0.15, 0.2) is 40.9 Å². The number of urea groups is 1. The Balaban J connectivity index is 1.71. The summed E-state index contributed by atoms with van der Waals surface area (Å²) in [7, 11) is 0. The first-order chi connectivity index (χ1) is 10.5. The van der Waals surface area contributed by atoms with Gasteiger partial charge in [-0.1, -0.05) is 12.1 Å². The van der Waals surface area contributed by atoms with Crippen LogP contribution in [0.5, 0.6) is 5.75 Å². The molecular weight excluding hydrogens is 351 g/mol. The number of phenols is 1. The van der Waals surface area contributed by atoms with Crippen molar-refractivity contribution in [2.45, 2.75) is 13.0 Å². The van der Waals surface area contributed by atoms with Gasteiger partial charge in [0.1, 0.15) is 11.6 Å². The average molecular weight is 365 g/mol. The van der Waals surface area contributed by atoms with Gasteiger partial charge >= 0.3 is 6.03 Å². The molecule has 0 unspecified atom stereocenters. The zero-order chi connectivity index (χ0) is 15.7. The molecule has 0 aromatic heterocycles. The maximum Gasteiger partial charge on any atom is 0.322 e. The number of anilines is 1. The number of rotatable bonds is 2. The normalized spacial score (nSPS) is 13.1. The molecule has 0 saturated carbocycles. The van der Waals surface area contributed by atoms with Crippen LogP contribution >= 0.6 is 15.9 Å². The fourth-order valence-corrected chi connectivity index (χ4v) is 2.92. The summed E-state index contributed by atoms with van der Waals surface area (Å²) < 4.78 is 14.1. The number of nitrogens with zero attached hydrogens (tertiary/aromatic N) is 1. The Kier molecular flexibility index (Phi) is 4.02. The van der Waals surface area contributed by atoms with Crippen molar-refractivity contribution in [3.05, 3.63) is 57.8 Å². The lowest BCUT2D eigenvalue weighted by Gasteiger charge is -2.18. The van der Waals surface area contributed by atoms with E-state index < -0.39 is 0 Å². The Labute approximate surface area is 135 Å². The molecule has 1 heterocycles. The maximum absolute atomic E-state index is 13.7. The number of amides is 2. The number of carbonyl (C=O) groups excluding carboxylic acids is 1. The van der Waals surface area contributed by atoms with Crippen LogP contribution in [0.4, 0.5) is 14.9 Å². The Bertz CT molecular complexity index is 736. The molecule has 22 heavy (non-hydrogen) atoms. The third-order valence-corrected chi connectivity index (χ3v) is 4.22. The zero-order valence-electron chi connectivity index (χ0n) is 11.6. The molecule has 2 aromatic rings. The molecule has 2 amide bonds. The summed E-state index contributed by atoms with van der Waals surface area (Å²) in [5.41, 5.74) is 2.35. The molecule has 0 aliphatic carbocycles. The highest BCUT2D eigenvalue weighted by Crippen LogP contribution is 2.32. The molecule has 114 valence electrons. The van der Waals surface area contributed by atoms with Gasteiger partial charge in [0.2, 0.25) is 0 Å². The summed E-state index contributed by atoms with van der Waals surface area (Å²) in [5.74, 6) is -0.225. The van der Waals surface area contributed by atoms with Gasteiger partial charge in [-0.15, -0.1) is 0 Å². The molecule has 0 radical (unpaired) electrons. The lowest BCUT2D eigenvalue weighted by molar-refractivity contribution is 0.246. The number of nitrogens with one attached hydrogen (secondary N) is 1. The van der Waals surface area contributed by atoms with E-state index in [0.717, 1.165) is 11.1 Å². The molecule has 0 spiro atoms. The Hall–Kier alpha value is -2.08. The zero-order valence-corrected chi connectivity index (χ0v) is 13.2. The number of benzene rings is 2. The van der Waals surface area contributed by atoms with Crippen molar-refractivity contribution in [2.24, 2.45) is 0 Å². The smallest absolute Gasteiger partial charge is 0.322 e. The topological polar surface area (TPSA) is 52.6 Å². The van der Waals surface area contributed by atoms with Crippen LogP contribution in [-0.2, 0) is 13.0 Å². The van der Waals surface area contributed by atoms with Crippen LogP contribution in [0.25, 0.3) is 0 Å².